The summed E-state index contributed by atoms with van der Waals surface area (Å²) in [6, 6.07) is 5.12. The molecule has 0 aliphatic heterocycles. The van der Waals surface area contributed by atoms with E-state index in [9.17, 15) is 4.79 Å². The van der Waals surface area contributed by atoms with E-state index < -0.39 is 11.6 Å². The molecular formula is C12H13NO3. The van der Waals surface area contributed by atoms with Gasteiger partial charge in [-0.3, -0.25) is 0 Å². The molecule has 1 aromatic rings. The van der Waals surface area contributed by atoms with Crippen molar-refractivity contribution in [3.05, 3.63) is 29.7 Å². The number of esters is 1. The van der Waals surface area contributed by atoms with Crippen LogP contribution in [0, 0.1) is 11.3 Å². The number of carbonyl (C=O) groups is 1. The first kappa shape index (κ1) is 12.1. The number of carbonyl (C=O) groups excluding carboxylic acids is 1. The Balaban J connectivity index is 2.85. The van der Waals surface area contributed by atoms with Gasteiger partial charge in [0.2, 0.25) is 0 Å². The Labute approximate surface area is 94.1 Å². The molecule has 0 fully saturated rings. The van der Waals surface area contributed by atoms with E-state index in [1.165, 1.54) is 12.3 Å². The van der Waals surface area contributed by atoms with Crippen molar-refractivity contribution < 1.29 is 13.9 Å². The van der Waals surface area contributed by atoms with Crippen LogP contribution in [0.5, 0.6) is 0 Å². The summed E-state index contributed by atoms with van der Waals surface area (Å²) >= 11 is 0. The number of nitrogens with zero attached hydrogens (tertiary/aromatic N) is 1. The van der Waals surface area contributed by atoms with Crippen LogP contribution in [0.2, 0.25) is 0 Å². The first-order valence-electron chi connectivity index (χ1n) is 4.81. The summed E-state index contributed by atoms with van der Waals surface area (Å²) in [6.45, 7) is 5.23. The standard InChI is InChI=1S/C12H13NO3/c1-12(2,3)16-11(14)9(8-13)7-10-5-4-6-15-10/h4-7H,1-3H3. The first-order valence-corrected chi connectivity index (χ1v) is 4.81. The topological polar surface area (TPSA) is 63.2 Å². The van der Waals surface area contributed by atoms with Crippen molar-refractivity contribution in [2.24, 2.45) is 0 Å². The molecule has 1 rings (SSSR count). The second-order valence-corrected chi connectivity index (χ2v) is 4.19. The van der Waals surface area contributed by atoms with E-state index in [0.29, 0.717) is 5.76 Å². The number of rotatable bonds is 2. The van der Waals surface area contributed by atoms with E-state index in [4.69, 9.17) is 14.4 Å². The molecule has 4 nitrogen and oxygen atoms in total. The minimum Gasteiger partial charge on any atom is -0.465 e. The van der Waals surface area contributed by atoms with Gasteiger partial charge in [-0.2, -0.15) is 5.26 Å². The summed E-state index contributed by atoms with van der Waals surface area (Å²) in [4.78, 5) is 11.6. The lowest BCUT2D eigenvalue weighted by molar-refractivity contribution is -0.149. The lowest BCUT2D eigenvalue weighted by Gasteiger charge is -2.18. The second kappa shape index (κ2) is 4.67. The van der Waals surface area contributed by atoms with Gasteiger partial charge in [0.25, 0.3) is 0 Å². The minimum atomic E-state index is -0.647. The largest absolute Gasteiger partial charge is 0.465 e. The molecule has 0 spiro atoms. The zero-order valence-electron chi connectivity index (χ0n) is 9.48. The number of furan rings is 1. The van der Waals surface area contributed by atoms with Crippen molar-refractivity contribution >= 4 is 12.0 Å². The van der Waals surface area contributed by atoms with E-state index in [1.54, 1.807) is 39.0 Å². The zero-order chi connectivity index (χ0) is 12.2. The predicted octanol–water partition coefficient (Wildman–Crippen LogP) is 2.53. The third-order valence-corrected chi connectivity index (χ3v) is 1.57. The summed E-state index contributed by atoms with van der Waals surface area (Å²) in [5, 5.41) is 8.83. The van der Waals surface area contributed by atoms with Gasteiger partial charge in [0.15, 0.2) is 0 Å². The summed E-state index contributed by atoms with van der Waals surface area (Å²) < 4.78 is 10.1. The third kappa shape index (κ3) is 3.62. The summed E-state index contributed by atoms with van der Waals surface area (Å²) in [7, 11) is 0. The lowest BCUT2D eigenvalue weighted by Crippen LogP contribution is -2.24. The number of nitriles is 1. The van der Waals surface area contributed by atoms with Crippen LogP contribution in [0.25, 0.3) is 6.08 Å². The maximum absolute atomic E-state index is 11.6. The third-order valence-electron chi connectivity index (χ3n) is 1.57. The van der Waals surface area contributed by atoms with Crippen LogP contribution in [0.15, 0.2) is 28.4 Å². The second-order valence-electron chi connectivity index (χ2n) is 4.19. The molecule has 0 unspecified atom stereocenters. The molecule has 1 aromatic heterocycles. The Morgan fingerprint density at radius 2 is 2.25 bits per heavy atom. The van der Waals surface area contributed by atoms with Crippen LogP contribution >= 0.6 is 0 Å². The van der Waals surface area contributed by atoms with Crippen molar-refractivity contribution in [2.75, 3.05) is 0 Å². The Bertz CT molecular complexity index is 430. The lowest BCUT2D eigenvalue weighted by atomic mass is 10.2. The SMILES string of the molecule is CC(C)(C)OC(=O)C(C#N)=Cc1ccco1. The van der Waals surface area contributed by atoms with Gasteiger partial charge in [-0.05, 0) is 32.9 Å². The van der Waals surface area contributed by atoms with E-state index >= 15 is 0 Å². The fourth-order valence-corrected chi connectivity index (χ4v) is 0.986. The van der Waals surface area contributed by atoms with Gasteiger partial charge in [0.05, 0.1) is 6.26 Å². The van der Waals surface area contributed by atoms with E-state index in [2.05, 4.69) is 0 Å². The van der Waals surface area contributed by atoms with Crippen LogP contribution in [0.3, 0.4) is 0 Å². The molecule has 0 aliphatic carbocycles. The van der Waals surface area contributed by atoms with E-state index in [1.807, 2.05) is 0 Å². The van der Waals surface area contributed by atoms with Crippen LogP contribution in [-0.2, 0) is 9.53 Å². The summed E-state index contributed by atoms with van der Waals surface area (Å²) in [5.74, 6) is -0.200. The van der Waals surface area contributed by atoms with Crippen molar-refractivity contribution in [3.63, 3.8) is 0 Å². The van der Waals surface area contributed by atoms with E-state index in [-0.39, 0.29) is 5.57 Å². The van der Waals surface area contributed by atoms with Crippen molar-refractivity contribution in [1.82, 2.24) is 0 Å². The van der Waals surface area contributed by atoms with Gasteiger partial charge in [-0.25, -0.2) is 4.79 Å². The molecule has 0 saturated carbocycles. The smallest absolute Gasteiger partial charge is 0.349 e. The first-order chi connectivity index (χ1) is 7.42. The number of ether oxygens (including phenoxy) is 1. The van der Waals surface area contributed by atoms with Crippen LogP contribution in [0.1, 0.15) is 26.5 Å². The molecule has 4 heteroatoms. The van der Waals surface area contributed by atoms with Crippen LogP contribution in [0.4, 0.5) is 0 Å². The fourth-order valence-electron chi connectivity index (χ4n) is 0.986. The van der Waals surface area contributed by atoms with Gasteiger partial charge in [0.1, 0.15) is 23.0 Å². The molecule has 0 aliphatic rings. The zero-order valence-corrected chi connectivity index (χ0v) is 9.48. The fraction of sp³-hybridized carbons (Fsp3) is 0.333. The molecule has 0 N–H and O–H groups in total. The summed E-state index contributed by atoms with van der Waals surface area (Å²) in [6.07, 6.45) is 2.82. The van der Waals surface area contributed by atoms with Gasteiger partial charge in [-0.1, -0.05) is 0 Å². The molecule has 0 atom stereocenters. The molecule has 84 valence electrons. The van der Waals surface area contributed by atoms with Gasteiger partial charge in [0, 0.05) is 6.08 Å². The van der Waals surface area contributed by atoms with Gasteiger partial charge >= 0.3 is 5.97 Å². The summed E-state index contributed by atoms with van der Waals surface area (Å²) in [5.41, 5.74) is -0.694. The number of hydrogen-bond acceptors (Lipinski definition) is 4. The highest BCUT2D eigenvalue weighted by molar-refractivity contribution is 5.97. The molecule has 0 saturated heterocycles. The Kier molecular flexibility index (Phi) is 3.51. The van der Waals surface area contributed by atoms with Crippen molar-refractivity contribution in [2.45, 2.75) is 26.4 Å². The average Bonchev–Trinajstić information content (AvgIpc) is 2.63. The molecule has 1 heterocycles. The minimum absolute atomic E-state index is 0.0788. The highest BCUT2D eigenvalue weighted by atomic mass is 16.6. The highest BCUT2D eigenvalue weighted by Gasteiger charge is 2.19. The molecule has 16 heavy (non-hydrogen) atoms. The predicted molar refractivity (Wildman–Crippen MR) is 58.1 cm³/mol. The maximum atomic E-state index is 11.6. The van der Waals surface area contributed by atoms with Crippen molar-refractivity contribution in [3.8, 4) is 6.07 Å². The molecule has 0 bridgehead atoms. The molecule has 0 aromatic carbocycles. The maximum Gasteiger partial charge on any atom is 0.349 e. The molecule has 0 amide bonds. The van der Waals surface area contributed by atoms with E-state index in [0.717, 1.165) is 0 Å². The van der Waals surface area contributed by atoms with Crippen molar-refractivity contribution in [1.29, 1.82) is 5.26 Å². The average molecular weight is 219 g/mol. The Hall–Kier alpha value is -2.02. The van der Waals surface area contributed by atoms with Gasteiger partial charge in [-0.15, -0.1) is 0 Å². The highest BCUT2D eigenvalue weighted by Crippen LogP contribution is 2.13. The Morgan fingerprint density at radius 1 is 1.56 bits per heavy atom. The quantitative estimate of drug-likeness (QED) is 0.435. The van der Waals surface area contributed by atoms with Crippen LogP contribution < -0.4 is 0 Å². The Morgan fingerprint density at radius 3 is 2.69 bits per heavy atom. The normalized spacial score (nSPS) is 12.0. The van der Waals surface area contributed by atoms with Crippen LogP contribution in [-0.4, -0.2) is 11.6 Å². The monoisotopic (exact) mass is 219 g/mol. The molecular weight excluding hydrogens is 206 g/mol. The number of hydrogen-bond donors (Lipinski definition) is 0. The molecule has 0 radical (unpaired) electrons. The van der Waals surface area contributed by atoms with Gasteiger partial charge < -0.3 is 9.15 Å².